The number of carbonyl (C=O) groups is 2. The van der Waals surface area contributed by atoms with Crippen LogP contribution in [-0.2, 0) is 11.3 Å². The van der Waals surface area contributed by atoms with Crippen molar-refractivity contribution in [3.63, 3.8) is 0 Å². The third-order valence-corrected chi connectivity index (χ3v) is 4.88. The van der Waals surface area contributed by atoms with Gasteiger partial charge in [0.15, 0.2) is 5.78 Å². The molecule has 0 saturated heterocycles. The van der Waals surface area contributed by atoms with Crippen LogP contribution in [0.2, 0.25) is 0 Å². The first-order valence-electron chi connectivity index (χ1n) is 9.17. The van der Waals surface area contributed by atoms with Crippen molar-refractivity contribution in [1.29, 1.82) is 0 Å². The van der Waals surface area contributed by atoms with Crippen LogP contribution in [0.5, 0.6) is 0 Å². The van der Waals surface area contributed by atoms with Crippen molar-refractivity contribution in [3.05, 3.63) is 81.1 Å². The number of nitrogens with zero attached hydrogens (tertiary/aromatic N) is 2. The summed E-state index contributed by atoms with van der Waals surface area (Å²) in [5.41, 5.74) is 2.64. The number of nitrogens with one attached hydrogen (secondary N) is 1. The van der Waals surface area contributed by atoms with E-state index in [1.807, 2.05) is 24.3 Å². The predicted octanol–water partition coefficient (Wildman–Crippen LogP) is 4.29. The largest absolute Gasteiger partial charge is 0.326 e. The number of amides is 1. The molecule has 0 atom stereocenters. The van der Waals surface area contributed by atoms with Gasteiger partial charge in [0.1, 0.15) is 0 Å². The van der Waals surface area contributed by atoms with Gasteiger partial charge < -0.3 is 5.32 Å². The molecule has 2 aromatic carbocycles. The Morgan fingerprint density at radius 3 is 2.34 bits per heavy atom. The first kappa shape index (κ1) is 20.7. The fourth-order valence-electron chi connectivity index (χ4n) is 2.78. The van der Waals surface area contributed by atoms with Crippen molar-refractivity contribution < 1.29 is 9.59 Å². The molecule has 29 heavy (non-hydrogen) atoms. The van der Waals surface area contributed by atoms with Gasteiger partial charge in [0.2, 0.25) is 5.91 Å². The maximum Gasteiger partial charge on any atom is 0.266 e. The molecule has 3 rings (SSSR count). The molecule has 0 spiro atoms. The molecule has 0 aliphatic heterocycles. The lowest BCUT2D eigenvalue weighted by molar-refractivity contribution is -0.116. The van der Waals surface area contributed by atoms with Crippen molar-refractivity contribution in [3.8, 4) is 11.3 Å². The predicted molar refractivity (Wildman–Crippen MR) is 116 cm³/mol. The Morgan fingerprint density at radius 1 is 1.00 bits per heavy atom. The molecule has 1 amide bonds. The third-order valence-electron chi connectivity index (χ3n) is 4.36. The topological polar surface area (TPSA) is 81.1 Å². The Morgan fingerprint density at radius 2 is 1.69 bits per heavy atom. The molecular formula is C22H20BrN3O3. The van der Waals surface area contributed by atoms with Crippen LogP contribution < -0.4 is 10.9 Å². The van der Waals surface area contributed by atoms with Crippen LogP contribution in [0, 0.1) is 0 Å². The molecule has 1 aromatic heterocycles. The van der Waals surface area contributed by atoms with Gasteiger partial charge in [-0.2, -0.15) is 5.10 Å². The SMILES string of the molecule is CC(=O)c1ccc(NC(=O)CCCn2nc(-c3ccc(Br)cc3)ccc2=O)cc1. The molecule has 0 unspecified atom stereocenters. The van der Waals surface area contributed by atoms with Crippen LogP contribution in [-0.4, -0.2) is 21.5 Å². The minimum absolute atomic E-state index is 0.0220. The Balaban J connectivity index is 1.57. The number of Topliss-reactive ketones (excluding diaryl/α,β-unsaturated/α-hetero) is 1. The Hall–Kier alpha value is -3.06. The number of ketones is 1. The summed E-state index contributed by atoms with van der Waals surface area (Å²) in [6.07, 6.45) is 0.735. The Kier molecular flexibility index (Phi) is 6.72. The zero-order chi connectivity index (χ0) is 20.8. The van der Waals surface area contributed by atoms with Crippen molar-refractivity contribution in [2.24, 2.45) is 0 Å². The van der Waals surface area contributed by atoms with Gasteiger partial charge in [0, 0.05) is 40.3 Å². The van der Waals surface area contributed by atoms with E-state index in [-0.39, 0.29) is 23.7 Å². The highest BCUT2D eigenvalue weighted by atomic mass is 79.9. The van der Waals surface area contributed by atoms with Crippen LogP contribution in [0.25, 0.3) is 11.3 Å². The molecule has 1 N–H and O–H groups in total. The monoisotopic (exact) mass is 453 g/mol. The standard InChI is InChI=1S/C22H20BrN3O3/c1-15(27)16-6-10-19(11-7-16)24-21(28)3-2-14-26-22(29)13-12-20(25-26)17-4-8-18(23)9-5-17/h4-13H,2-3,14H2,1H3,(H,24,28). The second kappa shape index (κ2) is 9.43. The maximum absolute atomic E-state index is 12.1. The summed E-state index contributed by atoms with van der Waals surface area (Å²) < 4.78 is 2.35. The van der Waals surface area contributed by atoms with E-state index in [1.165, 1.54) is 17.7 Å². The molecule has 7 heteroatoms. The Bertz CT molecular complexity index is 1070. The van der Waals surface area contributed by atoms with Crippen LogP contribution in [0.4, 0.5) is 5.69 Å². The van der Waals surface area contributed by atoms with Crippen LogP contribution in [0.3, 0.4) is 0 Å². The summed E-state index contributed by atoms with van der Waals surface area (Å²) in [4.78, 5) is 35.5. The maximum atomic E-state index is 12.1. The number of hydrogen-bond donors (Lipinski definition) is 1. The quantitative estimate of drug-likeness (QED) is 0.540. The first-order chi connectivity index (χ1) is 13.9. The van der Waals surface area contributed by atoms with E-state index in [9.17, 15) is 14.4 Å². The van der Waals surface area contributed by atoms with Crippen LogP contribution in [0.15, 0.2) is 69.9 Å². The van der Waals surface area contributed by atoms with Gasteiger partial charge in [-0.25, -0.2) is 4.68 Å². The van der Waals surface area contributed by atoms with E-state index in [2.05, 4.69) is 26.3 Å². The van der Waals surface area contributed by atoms with E-state index in [1.54, 1.807) is 30.3 Å². The minimum atomic E-state index is -0.203. The fourth-order valence-corrected chi connectivity index (χ4v) is 3.05. The van der Waals surface area contributed by atoms with E-state index in [0.29, 0.717) is 29.9 Å². The lowest BCUT2D eigenvalue weighted by atomic mass is 10.1. The number of benzene rings is 2. The lowest BCUT2D eigenvalue weighted by Crippen LogP contribution is -2.23. The normalized spacial score (nSPS) is 10.6. The van der Waals surface area contributed by atoms with Gasteiger partial charge in [-0.15, -0.1) is 0 Å². The van der Waals surface area contributed by atoms with Crippen LogP contribution >= 0.6 is 15.9 Å². The summed E-state index contributed by atoms with van der Waals surface area (Å²) in [6, 6.07) is 17.6. The van der Waals surface area contributed by atoms with Crippen molar-refractivity contribution >= 4 is 33.3 Å². The van der Waals surface area contributed by atoms with Gasteiger partial charge in [0.05, 0.1) is 5.69 Å². The van der Waals surface area contributed by atoms with Gasteiger partial charge >= 0.3 is 0 Å². The lowest BCUT2D eigenvalue weighted by Gasteiger charge is -2.08. The average molecular weight is 454 g/mol. The molecule has 1 heterocycles. The number of halogens is 1. The molecule has 0 bridgehead atoms. The summed E-state index contributed by atoms with van der Waals surface area (Å²) in [6.45, 7) is 1.84. The summed E-state index contributed by atoms with van der Waals surface area (Å²) >= 11 is 3.40. The fraction of sp³-hybridized carbons (Fsp3) is 0.182. The number of aryl methyl sites for hydroxylation is 1. The zero-order valence-corrected chi connectivity index (χ0v) is 17.5. The molecule has 0 radical (unpaired) electrons. The minimum Gasteiger partial charge on any atom is -0.326 e. The van der Waals surface area contributed by atoms with Crippen molar-refractivity contribution in [2.75, 3.05) is 5.32 Å². The van der Waals surface area contributed by atoms with Gasteiger partial charge in [-0.3, -0.25) is 14.4 Å². The van der Waals surface area contributed by atoms with Crippen LogP contribution in [0.1, 0.15) is 30.1 Å². The molecule has 3 aromatic rings. The highest BCUT2D eigenvalue weighted by Crippen LogP contribution is 2.19. The van der Waals surface area contributed by atoms with Gasteiger partial charge in [-0.05, 0) is 55.8 Å². The number of rotatable bonds is 7. The Labute approximate surface area is 176 Å². The second-order valence-corrected chi connectivity index (χ2v) is 7.49. The number of anilines is 1. The molecule has 148 valence electrons. The first-order valence-corrected chi connectivity index (χ1v) is 9.96. The molecule has 0 aliphatic carbocycles. The summed E-state index contributed by atoms with van der Waals surface area (Å²) in [5, 5.41) is 7.19. The molecule has 0 fully saturated rings. The zero-order valence-electron chi connectivity index (χ0n) is 15.9. The van der Waals surface area contributed by atoms with E-state index in [4.69, 9.17) is 0 Å². The number of carbonyl (C=O) groups excluding carboxylic acids is 2. The smallest absolute Gasteiger partial charge is 0.266 e. The summed E-state index contributed by atoms with van der Waals surface area (Å²) in [5.74, 6) is -0.177. The third kappa shape index (κ3) is 5.71. The highest BCUT2D eigenvalue weighted by molar-refractivity contribution is 9.10. The molecule has 0 aliphatic rings. The second-order valence-electron chi connectivity index (χ2n) is 6.57. The molecule has 6 nitrogen and oxygen atoms in total. The molecule has 0 saturated carbocycles. The van der Waals surface area contributed by atoms with E-state index in [0.717, 1.165) is 10.0 Å². The number of hydrogen-bond acceptors (Lipinski definition) is 4. The van der Waals surface area contributed by atoms with Crippen molar-refractivity contribution in [1.82, 2.24) is 9.78 Å². The highest BCUT2D eigenvalue weighted by Gasteiger charge is 2.07. The number of aromatic nitrogens is 2. The summed E-state index contributed by atoms with van der Waals surface area (Å²) in [7, 11) is 0. The van der Waals surface area contributed by atoms with Gasteiger partial charge in [0.25, 0.3) is 5.56 Å². The molecular weight excluding hydrogens is 434 g/mol. The van der Waals surface area contributed by atoms with E-state index >= 15 is 0 Å². The average Bonchev–Trinajstić information content (AvgIpc) is 2.70. The van der Waals surface area contributed by atoms with E-state index < -0.39 is 0 Å². The van der Waals surface area contributed by atoms with Crippen molar-refractivity contribution in [2.45, 2.75) is 26.3 Å². The van der Waals surface area contributed by atoms with Gasteiger partial charge in [-0.1, -0.05) is 28.1 Å².